The predicted octanol–water partition coefficient (Wildman–Crippen LogP) is -0.282. The average Bonchev–Trinajstić information content (AvgIpc) is 2.91. The van der Waals surface area contributed by atoms with Gasteiger partial charge in [0, 0.05) is 13.0 Å². The van der Waals surface area contributed by atoms with Crippen LogP contribution >= 0.6 is 0 Å². The van der Waals surface area contributed by atoms with Crippen LogP contribution in [-0.4, -0.2) is 49.2 Å². The highest BCUT2D eigenvalue weighted by Gasteiger charge is 2.33. The fourth-order valence-electron chi connectivity index (χ4n) is 3.31. The number of amides is 1. The summed E-state index contributed by atoms with van der Waals surface area (Å²) < 4.78 is 1.84. The van der Waals surface area contributed by atoms with E-state index in [0.29, 0.717) is 23.5 Å². The number of anilines is 1. The van der Waals surface area contributed by atoms with Gasteiger partial charge in [0.1, 0.15) is 11.8 Å². The summed E-state index contributed by atoms with van der Waals surface area (Å²) in [5, 5.41) is 13.8. The third kappa shape index (κ3) is 3.17. The van der Waals surface area contributed by atoms with Gasteiger partial charge in [0.15, 0.2) is 11.5 Å². The zero-order valence-electron chi connectivity index (χ0n) is 13.4. The lowest BCUT2D eigenvalue weighted by molar-refractivity contribution is -0.122. The molecular formula is C15H23N7O2. The van der Waals surface area contributed by atoms with E-state index >= 15 is 0 Å². The highest BCUT2D eigenvalue weighted by atomic mass is 16.3. The minimum absolute atomic E-state index is 0.135. The molecule has 2 heterocycles. The first-order chi connectivity index (χ1) is 11.6. The van der Waals surface area contributed by atoms with Gasteiger partial charge in [-0.15, -0.1) is 0 Å². The molecule has 3 atom stereocenters. The Morgan fingerprint density at radius 1 is 1.33 bits per heavy atom. The van der Waals surface area contributed by atoms with Crippen molar-refractivity contribution in [3.63, 3.8) is 0 Å². The molecule has 2 aromatic heterocycles. The molecule has 1 fully saturated rings. The summed E-state index contributed by atoms with van der Waals surface area (Å²) in [5.41, 5.74) is 12.4. The van der Waals surface area contributed by atoms with Crippen molar-refractivity contribution in [2.75, 3.05) is 12.3 Å². The van der Waals surface area contributed by atoms with Crippen LogP contribution in [-0.2, 0) is 4.79 Å². The van der Waals surface area contributed by atoms with Crippen LogP contribution in [0.25, 0.3) is 11.2 Å². The van der Waals surface area contributed by atoms with Crippen LogP contribution in [0, 0.1) is 0 Å². The molecule has 2 aromatic rings. The van der Waals surface area contributed by atoms with Gasteiger partial charge >= 0.3 is 0 Å². The van der Waals surface area contributed by atoms with Gasteiger partial charge in [-0.05, 0) is 12.8 Å². The van der Waals surface area contributed by atoms with Gasteiger partial charge in [0.05, 0.1) is 24.5 Å². The Balaban J connectivity index is 1.87. The second kappa shape index (κ2) is 7.10. The number of nitrogen functional groups attached to an aromatic ring is 1. The van der Waals surface area contributed by atoms with Crippen molar-refractivity contribution in [1.29, 1.82) is 0 Å². The molecule has 3 rings (SSSR count). The number of fused-ring (bicyclic) bond motifs is 1. The smallest absolute Gasteiger partial charge is 0.221 e. The van der Waals surface area contributed by atoms with Gasteiger partial charge in [-0.3, -0.25) is 4.79 Å². The van der Waals surface area contributed by atoms with Crippen molar-refractivity contribution in [2.45, 2.75) is 50.3 Å². The Morgan fingerprint density at radius 2 is 2.12 bits per heavy atom. The second-order valence-electron chi connectivity index (χ2n) is 6.14. The average molecular weight is 333 g/mol. The fraction of sp³-hybridized carbons (Fsp3) is 0.600. The number of hydrogen-bond acceptors (Lipinski definition) is 7. The van der Waals surface area contributed by atoms with E-state index in [-0.39, 0.29) is 24.4 Å². The van der Waals surface area contributed by atoms with Gasteiger partial charge in [0.2, 0.25) is 5.91 Å². The molecule has 9 heteroatoms. The number of carbonyl (C=O) groups excluding carboxylic acids is 1. The van der Waals surface area contributed by atoms with Gasteiger partial charge in [-0.2, -0.15) is 0 Å². The van der Waals surface area contributed by atoms with E-state index in [2.05, 4.69) is 20.3 Å². The summed E-state index contributed by atoms with van der Waals surface area (Å²) in [6.45, 7) is 0.292. The number of hydrogen-bond donors (Lipinski definition) is 4. The van der Waals surface area contributed by atoms with E-state index < -0.39 is 6.10 Å². The van der Waals surface area contributed by atoms with Gasteiger partial charge in [0.25, 0.3) is 0 Å². The third-order valence-electron chi connectivity index (χ3n) is 4.53. The largest absolute Gasteiger partial charge is 0.389 e. The third-order valence-corrected chi connectivity index (χ3v) is 4.53. The van der Waals surface area contributed by atoms with Gasteiger partial charge < -0.3 is 26.5 Å². The Morgan fingerprint density at radius 3 is 2.92 bits per heavy atom. The normalized spacial score (nSPS) is 24.7. The molecule has 0 aliphatic heterocycles. The molecule has 130 valence electrons. The first-order valence-electron chi connectivity index (χ1n) is 8.22. The molecule has 1 aliphatic carbocycles. The minimum Gasteiger partial charge on any atom is -0.389 e. The molecule has 0 saturated heterocycles. The molecule has 0 spiro atoms. The predicted molar refractivity (Wildman–Crippen MR) is 88.8 cm³/mol. The number of nitrogens with zero attached hydrogens (tertiary/aromatic N) is 4. The lowest BCUT2D eigenvalue weighted by atomic mass is 10.0. The number of aliphatic hydroxyl groups is 1. The van der Waals surface area contributed by atoms with Crippen LogP contribution in [0.2, 0.25) is 0 Å². The Labute approximate surface area is 139 Å². The molecule has 24 heavy (non-hydrogen) atoms. The van der Waals surface area contributed by atoms with Gasteiger partial charge in [-0.1, -0.05) is 12.8 Å². The van der Waals surface area contributed by atoms with Crippen LogP contribution in [0.3, 0.4) is 0 Å². The molecule has 0 aromatic carbocycles. The SMILES string of the molecule is NCCC(=O)N[C@H]1CCCC[C@@H](n2cnc3c(N)ncnc32)[C@@H]1O. The highest BCUT2D eigenvalue weighted by Crippen LogP contribution is 2.30. The number of nitrogens with one attached hydrogen (secondary N) is 1. The maximum atomic E-state index is 11.9. The number of nitrogens with two attached hydrogens (primary N) is 2. The van der Waals surface area contributed by atoms with Crippen LogP contribution in [0.4, 0.5) is 5.82 Å². The van der Waals surface area contributed by atoms with Crippen LogP contribution in [0.1, 0.15) is 38.1 Å². The summed E-state index contributed by atoms with van der Waals surface area (Å²) in [4.78, 5) is 24.3. The lowest BCUT2D eigenvalue weighted by Crippen LogP contribution is -2.46. The molecule has 1 saturated carbocycles. The zero-order valence-corrected chi connectivity index (χ0v) is 13.4. The van der Waals surface area contributed by atoms with E-state index in [9.17, 15) is 9.90 Å². The Kier molecular flexibility index (Phi) is 4.91. The Hall–Kier alpha value is -2.26. The van der Waals surface area contributed by atoms with E-state index in [0.717, 1.165) is 25.7 Å². The van der Waals surface area contributed by atoms with E-state index in [1.807, 2.05) is 4.57 Å². The van der Waals surface area contributed by atoms with E-state index in [4.69, 9.17) is 11.5 Å². The molecular weight excluding hydrogens is 310 g/mol. The molecule has 0 unspecified atom stereocenters. The monoisotopic (exact) mass is 333 g/mol. The van der Waals surface area contributed by atoms with Crippen molar-refractivity contribution >= 4 is 22.9 Å². The van der Waals surface area contributed by atoms with Crippen molar-refractivity contribution in [3.05, 3.63) is 12.7 Å². The summed E-state index contributed by atoms with van der Waals surface area (Å²) in [6, 6.07) is -0.539. The molecule has 0 bridgehead atoms. The minimum atomic E-state index is -0.734. The molecule has 1 amide bonds. The van der Waals surface area contributed by atoms with E-state index in [1.54, 1.807) is 6.33 Å². The quantitative estimate of drug-likeness (QED) is 0.563. The second-order valence-corrected chi connectivity index (χ2v) is 6.14. The van der Waals surface area contributed by atoms with E-state index in [1.165, 1.54) is 6.33 Å². The van der Waals surface area contributed by atoms with Crippen molar-refractivity contribution in [2.24, 2.45) is 5.73 Å². The summed E-state index contributed by atoms with van der Waals surface area (Å²) in [7, 11) is 0. The maximum Gasteiger partial charge on any atom is 0.221 e. The summed E-state index contributed by atoms with van der Waals surface area (Å²) in [6.07, 6.45) is 5.94. The lowest BCUT2D eigenvalue weighted by Gasteiger charge is -2.29. The molecule has 1 aliphatic rings. The first-order valence-corrected chi connectivity index (χ1v) is 8.22. The zero-order chi connectivity index (χ0) is 17.1. The first kappa shape index (κ1) is 16.6. The number of rotatable bonds is 4. The van der Waals surface area contributed by atoms with Crippen molar-refractivity contribution in [3.8, 4) is 0 Å². The van der Waals surface area contributed by atoms with Crippen LogP contribution in [0.15, 0.2) is 12.7 Å². The molecule has 6 N–H and O–H groups in total. The number of imidazole rings is 1. The number of carbonyl (C=O) groups is 1. The summed E-state index contributed by atoms with van der Waals surface area (Å²) in [5.74, 6) is 0.180. The standard InChI is InChI=1S/C15H23N7O2/c16-6-5-11(23)21-9-3-1-2-4-10(13(9)24)22-8-20-12-14(17)18-7-19-15(12)22/h7-10,13,24H,1-6,16H2,(H,21,23)(H2,17,18,19)/t9-,10+,13+/m0/s1. The van der Waals surface area contributed by atoms with Crippen molar-refractivity contribution in [1.82, 2.24) is 24.8 Å². The summed E-state index contributed by atoms with van der Waals surface area (Å²) >= 11 is 0. The highest BCUT2D eigenvalue weighted by molar-refractivity contribution is 5.81. The maximum absolute atomic E-state index is 11.9. The fourth-order valence-corrected chi connectivity index (χ4v) is 3.31. The van der Waals surface area contributed by atoms with Gasteiger partial charge in [-0.25, -0.2) is 15.0 Å². The number of aromatic nitrogens is 4. The van der Waals surface area contributed by atoms with Crippen molar-refractivity contribution < 1.29 is 9.90 Å². The molecule has 9 nitrogen and oxygen atoms in total. The molecule has 0 radical (unpaired) electrons. The Bertz CT molecular complexity index is 717. The van der Waals surface area contributed by atoms with Crippen LogP contribution < -0.4 is 16.8 Å². The number of aliphatic hydroxyl groups excluding tert-OH is 1. The topological polar surface area (TPSA) is 145 Å². The van der Waals surface area contributed by atoms with Crippen LogP contribution in [0.5, 0.6) is 0 Å².